The number of allylic oxidation sites excluding steroid dienone is 2. The maximum Gasteiger partial charge on any atom is 0.141 e. The van der Waals surface area contributed by atoms with E-state index in [1.54, 1.807) is 13.2 Å². The fourth-order valence-electron chi connectivity index (χ4n) is 1.78. The first-order valence-corrected chi connectivity index (χ1v) is 6.21. The van der Waals surface area contributed by atoms with E-state index in [0.717, 1.165) is 16.8 Å². The normalized spacial score (nSPS) is 15.1. The maximum absolute atomic E-state index is 13.1. The molecule has 0 bridgehead atoms. The number of aromatic nitrogens is 1. The fraction of sp³-hybridized carbons (Fsp3) is 0.467. The first kappa shape index (κ1) is 14.6. The van der Waals surface area contributed by atoms with Crippen molar-refractivity contribution >= 4 is 5.71 Å². The minimum atomic E-state index is -0.291. The van der Waals surface area contributed by atoms with Crippen LogP contribution in [-0.4, -0.2) is 17.7 Å². The summed E-state index contributed by atoms with van der Waals surface area (Å²) in [7, 11) is 1.80. The van der Waals surface area contributed by atoms with E-state index < -0.39 is 0 Å². The van der Waals surface area contributed by atoms with Gasteiger partial charge in [0.15, 0.2) is 0 Å². The van der Waals surface area contributed by atoms with Crippen LogP contribution in [0.2, 0.25) is 0 Å². The van der Waals surface area contributed by atoms with Crippen molar-refractivity contribution in [1.82, 2.24) is 4.98 Å². The summed E-state index contributed by atoms with van der Waals surface area (Å²) in [4.78, 5) is 8.16. The van der Waals surface area contributed by atoms with Gasteiger partial charge in [-0.05, 0) is 30.5 Å². The van der Waals surface area contributed by atoms with E-state index in [1.165, 1.54) is 12.3 Å². The van der Waals surface area contributed by atoms with Gasteiger partial charge in [0.25, 0.3) is 0 Å². The Morgan fingerprint density at radius 2 is 2.00 bits per heavy atom. The molecule has 0 aliphatic heterocycles. The summed E-state index contributed by atoms with van der Waals surface area (Å²) in [5.74, 6) is 0.242. The van der Waals surface area contributed by atoms with Crippen LogP contribution < -0.4 is 0 Å². The number of nitrogens with zero attached hydrogens (tertiary/aromatic N) is 2. The first-order valence-electron chi connectivity index (χ1n) is 6.21. The van der Waals surface area contributed by atoms with Crippen molar-refractivity contribution in [3.63, 3.8) is 0 Å². The molecule has 3 heteroatoms. The molecule has 0 N–H and O–H groups in total. The fourth-order valence-corrected chi connectivity index (χ4v) is 1.78. The number of rotatable bonds is 4. The molecule has 98 valence electrons. The van der Waals surface area contributed by atoms with Gasteiger partial charge in [-0.2, -0.15) is 0 Å². The molecule has 0 amide bonds. The molecule has 2 nitrogen and oxygen atoms in total. The van der Waals surface area contributed by atoms with Gasteiger partial charge in [-0.1, -0.05) is 26.3 Å². The summed E-state index contributed by atoms with van der Waals surface area (Å²) in [5, 5.41) is 0. The van der Waals surface area contributed by atoms with Crippen molar-refractivity contribution in [3.05, 3.63) is 41.5 Å². The third-order valence-electron chi connectivity index (χ3n) is 3.13. The van der Waals surface area contributed by atoms with Gasteiger partial charge in [-0.15, -0.1) is 0 Å². The summed E-state index contributed by atoms with van der Waals surface area (Å²) >= 11 is 0. The molecule has 1 aromatic heterocycles. The molecule has 1 unspecified atom stereocenters. The molecule has 18 heavy (non-hydrogen) atoms. The Hall–Kier alpha value is -1.51. The van der Waals surface area contributed by atoms with E-state index in [9.17, 15) is 4.39 Å². The highest BCUT2D eigenvalue weighted by Gasteiger charge is 2.10. The summed E-state index contributed by atoms with van der Waals surface area (Å²) in [6.45, 7) is 8.32. The largest absolute Gasteiger partial charge is 0.293 e. The van der Waals surface area contributed by atoms with Crippen LogP contribution >= 0.6 is 0 Å². The minimum Gasteiger partial charge on any atom is -0.293 e. The van der Waals surface area contributed by atoms with E-state index in [0.29, 0.717) is 5.92 Å². The van der Waals surface area contributed by atoms with Crippen molar-refractivity contribution in [2.24, 2.45) is 10.9 Å². The summed E-state index contributed by atoms with van der Waals surface area (Å²) < 4.78 is 13.1. The molecular formula is C15H21FN2. The van der Waals surface area contributed by atoms with Crippen LogP contribution in [0.25, 0.3) is 0 Å². The van der Waals surface area contributed by atoms with E-state index in [1.807, 2.05) is 6.92 Å². The lowest BCUT2D eigenvalue weighted by Crippen LogP contribution is -2.06. The average Bonchev–Trinajstić information content (AvgIpc) is 2.34. The Bertz CT molecular complexity index is 461. The number of hydrogen-bond donors (Lipinski definition) is 0. The van der Waals surface area contributed by atoms with Gasteiger partial charge in [0, 0.05) is 24.9 Å². The van der Waals surface area contributed by atoms with Gasteiger partial charge in [0.05, 0.1) is 6.20 Å². The highest BCUT2D eigenvalue weighted by molar-refractivity contribution is 5.96. The number of halogens is 1. The van der Waals surface area contributed by atoms with Gasteiger partial charge in [-0.3, -0.25) is 9.98 Å². The SMILES string of the molecule is C/N=C(\C=C(\C)C(C)c1cncc(F)c1)C(C)C. The van der Waals surface area contributed by atoms with E-state index in [2.05, 4.69) is 36.8 Å². The highest BCUT2D eigenvalue weighted by Crippen LogP contribution is 2.23. The molecule has 0 aliphatic carbocycles. The van der Waals surface area contributed by atoms with Gasteiger partial charge in [-0.25, -0.2) is 4.39 Å². The third-order valence-corrected chi connectivity index (χ3v) is 3.13. The van der Waals surface area contributed by atoms with Gasteiger partial charge in [0.1, 0.15) is 5.82 Å². The van der Waals surface area contributed by atoms with E-state index in [-0.39, 0.29) is 11.7 Å². The lowest BCUT2D eigenvalue weighted by molar-refractivity contribution is 0.616. The van der Waals surface area contributed by atoms with Gasteiger partial charge < -0.3 is 0 Å². The van der Waals surface area contributed by atoms with Crippen molar-refractivity contribution in [2.75, 3.05) is 7.05 Å². The predicted octanol–water partition coefficient (Wildman–Crippen LogP) is 4.00. The monoisotopic (exact) mass is 248 g/mol. The number of hydrogen-bond acceptors (Lipinski definition) is 2. The molecule has 1 rings (SSSR count). The zero-order chi connectivity index (χ0) is 13.7. The van der Waals surface area contributed by atoms with Crippen LogP contribution in [0, 0.1) is 11.7 Å². The molecule has 1 aromatic rings. The van der Waals surface area contributed by atoms with Crippen molar-refractivity contribution in [1.29, 1.82) is 0 Å². The quantitative estimate of drug-likeness (QED) is 0.739. The second kappa shape index (κ2) is 6.43. The summed E-state index contributed by atoms with van der Waals surface area (Å²) in [6, 6.07) is 1.53. The van der Waals surface area contributed by atoms with Crippen LogP contribution in [0.15, 0.2) is 35.1 Å². The molecule has 1 atom stereocenters. The lowest BCUT2D eigenvalue weighted by atomic mass is 9.93. The smallest absolute Gasteiger partial charge is 0.141 e. The Morgan fingerprint density at radius 1 is 1.33 bits per heavy atom. The van der Waals surface area contributed by atoms with Crippen LogP contribution in [0.5, 0.6) is 0 Å². The molecular weight excluding hydrogens is 227 g/mol. The van der Waals surface area contributed by atoms with Gasteiger partial charge in [0.2, 0.25) is 0 Å². The van der Waals surface area contributed by atoms with Gasteiger partial charge >= 0.3 is 0 Å². The zero-order valence-corrected chi connectivity index (χ0v) is 11.7. The lowest BCUT2D eigenvalue weighted by Gasteiger charge is -2.14. The molecule has 0 aliphatic rings. The Balaban J connectivity index is 2.97. The molecule has 0 spiro atoms. The summed E-state index contributed by atoms with van der Waals surface area (Å²) in [5.41, 5.74) is 3.11. The maximum atomic E-state index is 13.1. The molecule has 0 radical (unpaired) electrons. The Kier molecular flexibility index (Phi) is 5.20. The molecule has 1 heterocycles. The van der Waals surface area contributed by atoms with Crippen LogP contribution in [-0.2, 0) is 0 Å². The van der Waals surface area contributed by atoms with Crippen molar-refractivity contribution in [2.45, 2.75) is 33.6 Å². The first-order chi connectivity index (χ1) is 8.45. The Labute approximate surface area is 109 Å². The van der Waals surface area contributed by atoms with Crippen LogP contribution in [0.1, 0.15) is 39.2 Å². The molecule has 0 aromatic carbocycles. The number of pyridine rings is 1. The molecule has 0 fully saturated rings. The highest BCUT2D eigenvalue weighted by atomic mass is 19.1. The second-order valence-corrected chi connectivity index (χ2v) is 4.85. The average molecular weight is 248 g/mol. The topological polar surface area (TPSA) is 25.2 Å². The number of aliphatic imine (C=N–C) groups is 1. The third kappa shape index (κ3) is 3.76. The van der Waals surface area contributed by atoms with Crippen molar-refractivity contribution < 1.29 is 4.39 Å². The standard InChI is InChI=1S/C15H21FN2/c1-10(2)15(17-5)6-11(3)12(4)13-7-14(16)9-18-8-13/h6-10,12H,1-5H3/b11-6-,17-15+. The molecule has 0 saturated carbocycles. The van der Waals surface area contributed by atoms with Crippen molar-refractivity contribution in [3.8, 4) is 0 Å². The van der Waals surface area contributed by atoms with E-state index >= 15 is 0 Å². The van der Waals surface area contributed by atoms with Crippen LogP contribution in [0.4, 0.5) is 4.39 Å². The summed E-state index contributed by atoms with van der Waals surface area (Å²) in [6.07, 6.45) is 5.02. The predicted molar refractivity (Wildman–Crippen MR) is 74.6 cm³/mol. The molecule has 0 saturated heterocycles. The second-order valence-electron chi connectivity index (χ2n) is 4.85. The minimum absolute atomic E-state index is 0.142. The Morgan fingerprint density at radius 3 is 2.50 bits per heavy atom. The zero-order valence-electron chi connectivity index (χ0n) is 11.7. The van der Waals surface area contributed by atoms with Crippen LogP contribution in [0.3, 0.4) is 0 Å². The van der Waals surface area contributed by atoms with E-state index in [4.69, 9.17) is 0 Å².